The highest BCUT2D eigenvalue weighted by Crippen LogP contribution is 2.64. The van der Waals surface area contributed by atoms with Gasteiger partial charge in [-0.25, -0.2) is 15.0 Å². The van der Waals surface area contributed by atoms with Crippen LogP contribution < -0.4 is 0 Å². The smallest absolute Gasteiger partial charge is 0.160 e. The van der Waals surface area contributed by atoms with Gasteiger partial charge in [-0.2, -0.15) is 0 Å². The molecular formula is C56H35N3. The van der Waals surface area contributed by atoms with Gasteiger partial charge in [-0.05, 0) is 56.5 Å². The lowest BCUT2D eigenvalue weighted by atomic mass is 9.69. The first-order valence-electron chi connectivity index (χ1n) is 20.2. The number of pyridine rings is 1. The topological polar surface area (TPSA) is 38.7 Å². The molecule has 3 heteroatoms. The van der Waals surface area contributed by atoms with Gasteiger partial charge in [0.05, 0.1) is 28.2 Å². The summed E-state index contributed by atoms with van der Waals surface area (Å²) < 4.78 is 0. The molecule has 3 nitrogen and oxygen atoms in total. The maximum Gasteiger partial charge on any atom is 0.160 e. The van der Waals surface area contributed by atoms with E-state index in [9.17, 15) is 0 Å². The van der Waals surface area contributed by atoms with Crippen LogP contribution in [0.1, 0.15) is 22.3 Å². The van der Waals surface area contributed by atoms with E-state index < -0.39 is 5.41 Å². The molecule has 0 saturated carbocycles. The quantitative estimate of drug-likeness (QED) is 0.176. The van der Waals surface area contributed by atoms with E-state index in [0.29, 0.717) is 5.82 Å². The summed E-state index contributed by atoms with van der Waals surface area (Å²) in [6, 6.07) is 75.9. The minimum absolute atomic E-state index is 0.452. The molecule has 0 N–H and O–H groups in total. The molecule has 0 radical (unpaired) electrons. The lowest BCUT2D eigenvalue weighted by molar-refractivity contribution is 0.799. The molecule has 1 spiro atoms. The summed E-state index contributed by atoms with van der Waals surface area (Å²) in [5.74, 6) is 0.709. The van der Waals surface area contributed by atoms with Gasteiger partial charge >= 0.3 is 0 Å². The van der Waals surface area contributed by atoms with Crippen molar-refractivity contribution in [3.8, 4) is 78.7 Å². The van der Waals surface area contributed by atoms with E-state index >= 15 is 0 Å². The normalized spacial score (nSPS) is 12.9. The summed E-state index contributed by atoms with van der Waals surface area (Å²) in [5.41, 5.74) is 18.8. The van der Waals surface area contributed by atoms with Gasteiger partial charge in [-0.1, -0.05) is 200 Å². The Balaban J connectivity index is 0.978. The zero-order valence-corrected chi connectivity index (χ0v) is 32.0. The van der Waals surface area contributed by atoms with E-state index in [-0.39, 0.29) is 0 Å². The lowest BCUT2D eigenvalue weighted by Crippen LogP contribution is -2.26. The largest absolute Gasteiger partial charge is 0.247 e. The zero-order chi connectivity index (χ0) is 38.9. The fourth-order valence-corrected chi connectivity index (χ4v) is 9.75. The Labute approximate surface area is 343 Å². The average Bonchev–Trinajstić information content (AvgIpc) is 3.79. The van der Waals surface area contributed by atoms with Crippen molar-refractivity contribution in [2.24, 2.45) is 0 Å². The van der Waals surface area contributed by atoms with Crippen LogP contribution in [-0.2, 0) is 5.41 Å². The third kappa shape index (κ3) is 5.05. The maximum absolute atomic E-state index is 5.67. The van der Waals surface area contributed by atoms with Crippen molar-refractivity contribution >= 4 is 10.8 Å². The second-order valence-corrected chi connectivity index (χ2v) is 15.5. The SMILES string of the molecule is c1ccc(-c2cc(-c3cccc(-c4ccc(-c5nc6c(c7ccccc57)C5(c7ccccc7-c7ccccc75)c5ccccc5-6)cc4)c3)nc(-c3ccccc3)n2)cc1. The second kappa shape index (κ2) is 13.2. The first-order valence-corrected chi connectivity index (χ1v) is 20.2. The maximum atomic E-state index is 5.67. The van der Waals surface area contributed by atoms with Crippen LogP contribution in [0.4, 0.5) is 0 Å². The Morgan fingerprint density at radius 2 is 0.780 bits per heavy atom. The number of aromatic nitrogens is 3. The molecule has 10 aromatic rings. The Hall–Kier alpha value is -7.75. The first kappa shape index (κ1) is 33.4. The second-order valence-electron chi connectivity index (χ2n) is 15.5. The van der Waals surface area contributed by atoms with Gasteiger partial charge in [0.1, 0.15) is 0 Å². The summed E-state index contributed by atoms with van der Waals surface area (Å²) in [5, 5.41) is 2.39. The molecule has 0 bridgehead atoms. The molecule has 0 unspecified atom stereocenters. The monoisotopic (exact) mass is 749 g/mol. The highest BCUT2D eigenvalue weighted by Gasteiger charge is 2.53. The van der Waals surface area contributed by atoms with Crippen LogP contribution in [-0.4, -0.2) is 15.0 Å². The Kier molecular flexibility index (Phi) is 7.45. The highest BCUT2D eigenvalue weighted by molar-refractivity contribution is 6.06. The van der Waals surface area contributed by atoms with Crippen molar-refractivity contribution in [3.63, 3.8) is 0 Å². The van der Waals surface area contributed by atoms with Crippen LogP contribution >= 0.6 is 0 Å². The summed E-state index contributed by atoms with van der Waals surface area (Å²) in [6.07, 6.45) is 0. The molecule has 59 heavy (non-hydrogen) atoms. The van der Waals surface area contributed by atoms with Crippen LogP contribution in [0.25, 0.3) is 89.4 Å². The minimum Gasteiger partial charge on any atom is -0.247 e. The third-order valence-electron chi connectivity index (χ3n) is 12.3. The van der Waals surface area contributed by atoms with Crippen LogP contribution in [0.2, 0.25) is 0 Å². The molecule has 8 aromatic carbocycles. The van der Waals surface area contributed by atoms with Crippen LogP contribution in [0, 0.1) is 0 Å². The molecule has 0 fully saturated rings. The molecule has 2 aromatic heterocycles. The predicted molar refractivity (Wildman–Crippen MR) is 241 cm³/mol. The van der Waals surface area contributed by atoms with Crippen molar-refractivity contribution in [3.05, 3.63) is 235 Å². The lowest BCUT2D eigenvalue weighted by Gasteiger charge is -2.31. The van der Waals surface area contributed by atoms with Crippen molar-refractivity contribution in [2.75, 3.05) is 0 Å². The van der Waals surface area contributed by atoms with Gasteiger partial charge in [0.15, 0.2) is 5.82 Å². The Bertz CT molecular complexity index is 3160. The third-order valence-corrected chi connectivity index (χ3v) is 12.3. The predicted octanol–water partition coefficient (Wildman–Crippen LogP) is 13.7. The van der Waals surface area contributed by atoms with Crippen LogP contribution in [0.15, 0.2) is 212 Å². The van der Waals surface area contributed by atoms with Gasteiger partial charge < -0.3 is 0 Å². The first-order chi connectivity index (χ1) is 29.3. The van der Waals surface area contributed by atoms with Gasteiger partial charge in [0.2, 0.25) is 0 Å². The molecule has 0 atom stereocenters. The molecule has 274 valence electrons. The summed E-state index contributed by atoms with van der Waals surface area (Å²) in [6.45, 7) is 0. The number of hydrogen-bond donors (Lipinski definition) is 0. The van der Waals surface area contributed by atoms with E-state index in [1.165, 1.54) is 44.3 Å². The summed E-state index contributed by atoms with van der Waals surface area (Å²) in [4.78, 5) is 15.8. The molecule has 0 aliphatic heterocycles. The highest BCUT2D eigenvalue weighted by atomic mass is 14.9. The molecule has 0 saturated heterocycles. The molecule has 2 heterocycles. The average molecular weight is 750 g/mol. The summed E-state index contributed by atoms with van der Waals surface area (Å²) in [7, 11) is 0. The van der Waals surface area contributed by atoms with Gasteiger partial charge in [0, 0.05) is 38.8 Å². The molecular weight excluding hydrogens is 715 g/mol. The summed E-state index contributed by atoms with van der Waals surface area (Å²) >= 11 is 0. The van der Waals surface area contributed by atoms with E-state index in [4.69, 9.17) is 15.0 Å². The standard InChI is InChI=1S/C56H35N3/c1-3-16-37(17-4-1)50-35-51(58-55(57-50)39-18-5-2-6-19-39)41-21-15-20-40(34-41)36-30-32-38(33-31-36)53-45-25-8-7-24-44(45)52-54(59-53)46-26-11-14-29-49(46)56(52)47-27-12-9-22-42(47)43-23-10-13-28-48(43)56/h1-35H. The Morgan fingerprint density at radius 1 is 0.288 bits per heavy atom. The molecule has 0 amide bonds. The van der Waals surface area contributed by atoms with Gasteiger partial charge in [-0.3, -0.25) is 0 Å². The number of fused-ring (bicyclic) bond motifs is 12. The fourth-order valence-electron chi connectivity index (χ4n) is 9.75. The van der Waals surface area contributed by atoms with Crippen molar-refractivity contribution in [2.45, 2.75) is 5.41 Å². The fraction of sp³-hybridized carbons (Fsp3) is 0.0179. The van der Waals surface area contributed by atoms with E-state index in [0.717, 1.165) is 61.5 Å². The van der Waals surface area contributed by atoms with Crippen molar-refractivity contribution in [1.82, 2.24) is 15.0 Å². The molecule has 12 rings (SSSR count). The number of nitrogens with zero attached hydrogens (tertiary/aromatic N) is 3. The van der Waals surface area contributed by atoms with Crippen molar-refractivity contribution < 1.29 is 0 Å². The number of benzene rings is 8. The minimum atomic E-state index is -0.452. The van der Waals surface area contributed by atoms with E-state index in [1.54, 1.807) is 0 Å². The van der Waals surface area contributed by atoms with Gasteiger partial charge in [-0.15, -0.1) is 0 Å². The van der Waals surface area contributed by atoms with Crippen molar-refractivity contribution in [1.29, 1.82) is 0 Å². The van der Waals surface area contributed by atoms with E-state index in [1.807, 2.05) is 36.4 Å². The zero-order valence-electron chi connectivity index (χ0n) is 32.0. The molecule has 2 aliphatic rings. The molecule has 2 aliphatic carbocycles. The van der Waals surface area contributed by atoms with Gasteiger partial charge in [0.25, 0.3) is 0 Å². The van der Waals surface area contributed by atoms with Crippen LogP contribution in [0.3, 0.4) is 0 Å². The number of hydrogen-bond acceptors (Lipinski definition) is 3. The Morgan fingerprint density at radius 3 is 1.46 bits per heavy atom. The van der Waals surface area contributed by atoms with Crippen LogP contribution in [0.5, 0.6) is 0 Å². The van der Waals surface area contributed by atoms with E-state index in [2.05, 4.69) is 176 Å². The number of rotatable bonds is 5.